The van der Waals surface area contributed by atoms with Crippen molar-refractivity contribution in [1.29, 1.82) is 0 Å². The highest BCUT2D eigenvalue weighted by Crippen LogP contribution is 2.11. The molecule has 0 aliphatic rings. The lowest BCUT2D eigenvalue weighted by molar-refractivity contribution is -0.131. The zero-order chi connectivity index (χ0) is 18.1. The second-order valence-electron chi connectivity index (χ2n) is 5.34. The maximum absolute atomic E-state index is 11.8. The van der Waals surface area contributed by atoms with Crippen molar-refractivity contribution in [1.82, 2.24) is 10.9 Å². The molecule has 0 aromatic heterocycles. The normalized spacial score (nSPS) is 10.5. The third-order valence-corrected chi connectivity index (χ3v) is 2.70. The number of benzene rings is 1. The number of hydrogen-bond acceptors (Lipinski definition) is 4. The van der Waals surface area contributed by atoms with Crippen LogP contribution in [0.25, 0.3) is 0 Å². The molecule has 0 aliphatic carbocycles. The summed E-state index contributed by atoms with van der Waals surface area (Å²) < 4.78 is 0. The maximum atomic E-state index is 11.8. The van der Waals surface area contributed by atoms with E-state index in [1.54, 1.807) is 12.1 Å². The van der Waals surface area contributed by atoms with E-state index in [9.17, 15) is 19.2 Å². The second kappa shape index (κ2) is 9.09. The summed E-state index contributed by atoms with van der Waals surface area (Å²) in [5, 5.41) is 11.1. The molecule has 8 nitrogen and oxygen atoms in total. The minimum absolute atomic E-state index is 0.111. The van der Waals surface area contributed by atoms with Crippen LogP contribution in [0, 0.1) is 5.92 Å². The predicted molar refractivity (Wildman–Crippen MR) is 86.9 cm³/mol. The number of rotatable bonds is 6. The van der Waals surface area contributed by atoms with Crippen LogP contribution in [-0.4, -0.2) is 28.8 Å². The van der Waals surface area contributed by atoms with Crippen molar-refractivity contribution in [2.24, 2.45) is 5.92 Å². The Morgan fingerprint density at radius 2 is 1.67 bits per heavy atom. The molecule has 0 heterocycles. The molecule has 3 amide bonds. The van der Waals surface area contributed by atoms with Gasteiger partial charge in [0.25, 0.3) is 11.8 Å². The largest absolute Gasteiger partial charge is 0.478 e. The number of hydrogen-bond donors (Lipinski definition) is 4. The first-order valence-electron chi connectivity index (χ1n) is 7.19. The van der Waals surface area contributed by atoms with Crippen molar-refractivity contribution in [3.05, 3.63) is 42.0 Å². The molecule has 0 saturated heterocycles. The molecule has 0 atom stereocenters. The third-order valence-electron chi connectivity index (χ3n) is 2.70. The molecular formula is C16H19N3O5. The van der Waals surface area contributed by atoms with Gasteiger partial charge in [-0.1, -0.05) is 13.8 Å². The number of amides is 3. The molecule has 0 radical (unpaired) electrons. The fourth-order valence-electron chi connectivity index (χ4n) is 1.67. The Bertz CT molecular complexity index is 650. The van der Waals surface area contributed by atoms with E-state index < -0.39 is 17.8 Å². The van der Waals surface area contributed by atoms with E-state index in [4.69, 9.17) is 5.11 Å². The summed E-state index contributed by atoms with van der Waals surface area (Å²) in [6.45, 7) is 3.87. The van der Waals surface area contributed by atoms with Crippen molar-refractivity contribution >= 4 is 29.4 Å². The molecule has 0 fully saturated rings. The van der Waals surface area contributed by atoms with Gasteiger partial charge in [0.15, 0.2) is 0 Å². The number of carbonyl (C=O) groups excluding carboxylic acids is 3. The van der Waals surface area contributed by atoms with Gasteiger partial charge in [-0.25, -0.2) is 4.79 Å². The molecule has 1 aromatic rings. The van der Waals surface area contributed by atoms with Crippen LogP contribution in [0.5, 0.6) is 0 Å². The Morgan fingerprint density at radius 1 is 1.04 bits per heavy atom. The van der Waals surface area contributed by atoms with Crippen molar-refractivity contribution < 1.29 is 24.3 Å². The summed E-state index contributed by atoms with van der Waals surface area (Å²) in [5.41, 5.74) is 5.01. The number of hydrazine groups is 1. The lowest BCUT2D eigenvalue weighted by Crippen LogP contribution is -2.40. The molecule has 8 heteroatoms. The van der Waals surface area contributed by atoms with Crippen molar-refractivity contribution in [2.75, 3.05) is 5.32 Å². The molecule has 1 aromatic carbocycles. The van der Waals surface area contributed by atoms with Crippen LogP contribution < -0.4 is 16.2 Å². The van der Waals surface area contributed by atoms with Gasteiger partial charge >= 0.3 is 5.97 Å². The van der Waals surface area contributed by atoms with Gasteiger partial charge in [-0.2, -0.15) is 0 Å². The Kier molecular flexibility index (Phi) is 7.15. The monoisotopic (exact) mass is 333 g/mol. The summed E-state index contributed by atoms with van der Waals surface area (Å²) in [6.07, 6.45) is 1.82. The van der Waals surface area contributed by atoms with E-state index in [-0.39, 0.29) is 17.4 Å². The number of carboxylic acid groups (broad SMARTS) is 1. The first-order valence-corrected chi connectivity index (χ1v) is 7.19. The van der Waals surface area contributed by atoms with Gasteiger partial charge in [0.05, 0.1) is 0 Å². The number of nitrogens with one attached hydrogen (secondary N) is 3. The molecule has 0 bridgehead atoms. The predicted octanol–water partition coefficient (Wildman–Crippen LogP) is 1.07. The summed E-state index contributed by atoms with van der Waals surface area (Å²) in [5.74, 6) is -2.49. The fraction of sp³-hybridized carbons (Fsp3) is 0.250. The lowest BCUT2D eigenvalue weighted by atomic mass is 10.1. The van der Waals surface area contributed by atoms with Gasteiger partial charge in [-0.05, 0) is 30.2 Å². The van der Waals surface area contributed by atoms with Crippen LogP contribution in [0.2, 0.25) is 0 Å². The average Bonchev–Trinajstić information content (AvgIpc) is 2.50. The van der Waals surface area contributed by atoms with E-state index in [2.05, 4.69) is 10.7 Å². The second-order valence-corrected chi connectivity index (χ2v) is 5.34. The van der Waals surface area contributed by atoms with E-state index in [0.29, 0.717) is 18.2 Å². The molecule has 4 N–H and O–H groups in total. The van der Waals surface area contributed by atoms with Crippen molar-refractivity contribution in [3.8, 4) is 0 Å². The Hall–Kier alpha value is -3.16. The summed E-state index contributed by atoms with van der Waals surface area (Å²) in [4.78, 5) is 44.9. The molecule has 24 heavy (non-hydrogen) atoms. The Balaban J connectivity index is 2.53. The molecule has 0 spiro atoms. The number of carbonyl (C=O) groups is 4. The molecule has 0 unspecified atom stereocenters. The van der Waals surface area contributed by atoms with Gasteiger partial charge < -0.3 is 10.4 Å². The minimum Gasteiger partial charge on any atom is -0.478 e. The first kappa shape index (κ1) is 18.9. The van der Waals surface area contributed by atoms with E-state index in [1.807, 2.05) is 19.3 Å². The Morgan fingerprint density at radius 3 is 2.21 bits per heavy atom. The average molecular weight is 333 g/mol. The molecule has 0 saturated carbocycles. The Labute approximate surface area is 138 Å². The standard InChI is InChI=1S/C16H19N3O5/c1-10(2)9-14(21)17-12-5-3-11(4-6-12)16(24)19-18-13(20)7-8-15(22)23/h3-8,10H,9H2,1-2H3,(H,17,21)(H,18,20)(H,19,24)(H,22,23). The summed E-state index contributed by atoms with van der Waals surface area (Å²) in [7, 11) is 0. The topological polar surface area (TPSA) is 125 Å². The van der Waals surface area contributed by atoms with Crippen LogP contribution >= 0.6 is 0 Å². The van der Waals surface area contributed by atoms with Gasteiger partial charge in [0, 0.05) is 29.8 Å². The van der Waals surface area contributed by atoms with Crippen LogP contribution in [0.1, 0.15) is 30.6 Å². The van der Waals surface area contributed by atoms with E-state index in [0.717, 1.165) is 6.08 Å². The van der Waals surface area contributed by atoms with Crippen LogP contribution in [0.15, 0.2) is 36.4 Å². The minimum atomic E-state index is -1.27. The molecular weight excluding hydrogens is 314 g/mol. The lowest BCUT2D eigenvalue weighted by Gasteiger charge is -2.08. The zero-order valence-electron chi connectivity index (χ0n) is 13.3. The molecule has 128 valence electrons. The van der Waals surface area contributed by atoms with E-state index >= 15 is 0 Å². The van der Waals surface area contributed by atoms with Crippen LogP contribution in [0.3, 0.4) is 0 Å². The quantitative estimate of drug-likeness (QED) is 0.458. The smallest absolute Gasteiger partial charge is 0.328 e. The van der Waals surface area contributed by atoms with Gasteiger partial charge in [0.1, 0.15) is 0 Å². The van der Waals surface area contributed by atoms with Crippen molar-refractivity contribution in [2.45, 2.75) is 20.3 Å². The molecule has 1 rings (SSSR count). The SMILES string of the molecule is CC(C)CC(=O)Nc1ccc(C(=O)NNC(=O)C=CC(=O)O)cc1. The zero-order valence-corrected chi connectivity index (χ0v) is 13.3. The highest BCUT2D eigenvalue weighted by molar-refractivity contribution is 5.99. The summed E-state index contributed by atoms with van der Waals surface area (Å²) in [6, 6.07) is 6.11. The van der Waals surface area contributed by atoms with Gasteiger partial charge in [-0.15, -0.1) is 0 Å². The summed E-state index contributed by atoms with van der Waals surface area (Å²) >= 11 is 0. The van der Waals surface area contributed by atoms with E-state index in [1.165, 1.54) is 12.1 Å². The fourth-order valence-corrected chi connectivity index (χ4v) is 1.67. The third kappa shape index (κ3) is 7.21. The first-order chi connectivity index (χ1) is 11.3. The number of anilines is 1. The number of carboxylic acids is 1. The van der Waals surface area contributed by atoms with Crippen molar-refractivity contribution in [3.63, 3.8) is 0 Å². The van der Waals surface area contributed by atoms with Gasteiger partial charge in [0.2, 0.25) is 5.91 Å². The molecule has 0 aliphatic heterocycles. The van der Waals surface area contributed by atoms with Crippen LogP contribution in [-0.2, 0) is 14.4 Å². The van der Waals surface area contributed by atoms with Crippen LogP contribution in [0.4, 0.5) is 5.69 Å². The highest BCUT2D eigenvalue weighted by atomic mass is 16.4. The number of aliphatic carboxylic acids is 1. The maximum Gasteiger partial charge on any atom is 0.328 e. The highest BCUT2D eigenvalue weighted by Gasteiger charge is 2.08. The van der Waals surface area contributed by atoms with Gasteiger partial charge in [-0.3, -0.25) is 25.2 Å².